The summed E-state index contributed by atoms with van der Waals surface area (Å²) < 4.78 is 10.7. The Balaban J connectivity index is 2.15. The molecule has 32 heavy (non-hydrogen) atoms. The zero-order valence-electron chi connectivity index (χ0n) is 17.7. The average Bonchev–Trinajstić information content (AvgIpc) is 2.80. The third-order valence-electron chi connectivity index (χ3n) is 4.71. The molecule has 2 amide bonds. The van der Waals surface area contributed by atoms with E-state index in [4.69, 9.17) is 19.9 Å². The number of methoxy groups -OCH3 is 1. The van der Waals surface area contributed by atoms with E-state index in [0.29, 0.717) is 35.4 Å². The van der Waals surface area contributed by atoms with Gasteiger partial charge in [-0.3, -0.25) is 15.3 Å². The van der Waals surface area contributed by atoms with Crippen LogP contribution in [0.4, 0.5) is 10.5 Å². The quantitative estimate of drug-likeness (QED) is 0.262. The second-order valence-corrected chi connectivity index (χ2v) is 7.00. The molecule has 2 rings (SSSR count). The van der Waals surface area contributed by atoms with Crippen LogP contribution in [0.1, 0.15) is 37.0 Å². The highest BCUT2D eigenvalue weighted by Crippen LogP contribution is 2.35. The number of carbonyl (C=O) groups is 2. The highest BCUT2D eigenvalue weighted by atomic mass is 16.6. The molecule has 9 nitrogen and oxygen atoms in total. The Morgan fingerprint density at radius 1 is 1.22 bits per heavy atom. The summed E-state index contributed by atoms with van der Waals surface area (Å²) in [6.45, 7) is 1.88. The van der Waals surface area contributed by atoms with Crippen molar-refractivity contribution in [2.45, 2.75) is 25.9 Å². The van der Waals surface area contributed by atoms with Gasteiger partial charge in [-0.15, -0.1) is 0 Å². The van der Waals surface area contributed by atoms with Crippen LogP contribution in [-0.4, -0.2) is 29.4 Å². The Hall–Kier alpha value is -4.03. The van der Waals surface area contributed by atoms with Gasteiger partial charge in [0, 0.05) is 11.8 Å². The van der Waals surface area contributed by atoms with E-state index in [0.717, 1.165) is 0 Å². The number of hydrogen-bond acceptors (Lipinski definition) is 7. The standard InChI is InChI=1S/C23H25N3O6/c1-15(5-3-4-6-21(28)26-30)22(17-9-12-20(31-2)19(27)13-17)32-23(29)25-18-10-7-16(14-24)8-11-18/h4,6-13,15,22,27,30H,3,5H2,1-2H3,(H,25,29)(H,26,28)/b6-4+/t15-,22+/m0/s1. The number of phenols is 1. The molecule has 0 aliphatic heterocycles. The van der Waals surface area contributed by atoms with Gasteiger partial charge in [0.05, 0.1) is 18.7 Å². The maximum atomic E-state index is 12.5. The maximum Gasteiger partial charge on any atom is 0.412 e. The van der Waals surface area contributed by atoms with Crippen LogP contribution >= 0.6 is 0 Å². The van der Waals surface area contributed by atoms with Crippen LogP contribution in [0, 0.1) is 17.2 Å². The Morgan fingerprint density at radius 2 is 1.94 bits per heavy atom. The number of anilines is 1. The molecule has 0 aromatic heterocycles. The molecule has 2 aromatic carbocycles. The van der Waals surface area contributed by atoms with Crippen molar-refractivity contribution in [1.29, 1.82) is 5.26 Å². The van der Waals surface area contributed by atoms with Gasteiger partial charge in [-0.05, 0) is 60.7 Å². The van der Waals surface area contributed by atoms with Crippen molar-refractivity contribution in [3.05, 3.63) is 65.7 Å². The number of nitriles is 1. The van der Waals surface area contributed by atoms with Gasteiger partial charge < -0.3 is 14.6 Å². The molecular formula is C23H25N3O6. The Labute approximate surface area is 185 Å². The fourth-order valence-electron chi connectivity index (χ4n) is 3.03. The van der Waals surface area contributed by atoms with Gasteiger partial charge in [-0.25, -0.2) is 10.3 Å². The van der Waals surface area contributed by atoms with Crippen molar-refractivity contribution < 1.29 is 29.4 Å². The molecule has 0 radical (unpaired) electrons. The lowest BCUT2D eigenvalue weighted by atomic mass is 9.92. The summed E-state index contributed by atoms with van der Waals surface area (Å²) in [4.78, 5) is 23.6. The van der Waals surface area contributed by atoms with Crippen LogP contribution in [0.15, 0.2) is 54.6 Å². The predicted octanol–water partition coefficient (Wildman–Crippen LogP) is 4.04. The molecule has 0 saturated heterocycles. The zero-order valence-corrected chi connectivity index (χ0v) is 17.7. The topological polar surface area (TPSA) is 141 Å². The van der Waals surface area contributed by atoms with Crippen LogP contribution in [0.3, 0.4) is 0 Å². The first-order valence-electron chi connectivity index (χ1n) is 9.83. The van der Waals surface area contributed by atoms with E-state index in [9.17, 15) is 14.7 Å². The molecule has 168 valence electrons. The number of ether oxygens (including phenoxy) is 2. The number of hydrogen-bond donors (Lipinski definition) is 4. The van der Waals surface area contributed by atoms with Gasteiger partial charge in [-0.1, -0.05) is 19.1 Å². The Kier molecular flexibility index (Phi) is 9.07. The largest absolute Gasteiger partial charge is 0.504 e. The summed E-state index contributed by atoms with van der Waals surface area (Å²) in [5.41, 5.74) is 3.02. The van der Waals surface area contributed by atoms with E-state index in [1.54, 1.807) is 42.5 Å². The molecule has 4 N–H and O–H groups in total. The number of aromatic hydroxyl groups is 1. The van der Waals surface area contributed by atoms with Gasteiger partial charge in [0.2, 0.25) is 0 Å². The molecule has 2 atom stereocenters. The minimum Gasteiger partial charge on any atom is -0.504 e. The van der Waals surface area contributed by atoms with Gasteiger partial charge in [0.1, 0.15) is 6.10 Å². The number of amides is 2. The first kappa shape index (κ1) is 24.2. The number of nitrogens with zero attached hydrogens (tertiary/aromatic N) is 1. The minimum absolute atomic E-state index is 0.0854. The van der Waals surface area contributed by atoms with E-state index in [1.165, 1.54) is 24.7 Å². The number of allylic oxidation sites excluding steroid dienone is 1. The lowest BCUT2D eigenvalue weighted by molar-refractivity contribution is -0.124. The molecule has 0 fully saturated rings. The highest BCUT2D eigenvalue weighted by Gasteiger charge is 2.24. The molecule has 0 unspecified atom stereocenters. The molecule has 0 spiro atoms. The van der Waals surface area contributed by atoms with E-state index >= 15 is 0 Å². The first-order chi connectivity index (χ1) is 15.4. The van der Waals surface area contributed by atoms with Crippen LogP contribution in [0.25, 0.3) is 0 Å². The molecule has 0 saturated carbocycles. The first-order valence-corrected chi connectivity index (χ1v) is 9.83. The Bertz CT molecular complexity index is 998. The third kappa shape index (κ3) is 7.04. The molecule has 0 aliphatic carbocycles. The molecule has 2 aromatic rings. The van der Waals surface area contributed by atoms with Crippen LogP contribution < -0.4 is 15.5 Å². The van der Waals surface area contributed by atoms with Crippen molar-refractivity contribution in [2.24, 2.45) is 5.92 Å². The summed E-state index contributed by atoms with van der Waals surface area (Å²) in [5, 5.41) is 30.2. The maximum absolute atomic E-state index is 12.5. The number of hydroxylamine groups is 1. The number of phenolic OH excluding ortho intramolecular Hbond substituents is 1. The van der Waals surface area contributed by atoms with Crippen LogP contribution in [0.5, 0.6) is 11.5 Å². The minimum atomic E-state index is -0.703. The molecule has 0 heterocycles. The predicted molar refractivity (Wildman–Crippen MR) is 116 cm³/mol. The van der Waals surface area contributed by atoms with Gasteiger partial charge in [0.15, 0.2) is 11.5 Å². The van der Waals surface area contributed by atoms with E-state index in [2.05, 4.69) is 5.32 Å². The van der Waals surface area contributed by atoms with Gasteiger partial charge in [0.25, 0.3) is 5.91 Å². The summed E-state index contributed by atoms with van der Waals surface area (Å²) in [7, 11) is 1.44. The van der Waals surface area contributed by atoms with Crippen molar-refractivity contribution in [1.82, 2.24) is 5.48 Å². The molecular weight excluding hydrogens is 414 g/mol. The second kappa shape index (κ2) is 12.0. The highest BCUT2D eigenvalue weighted by molar-refractivity contribution is 5.86. The fraction of sp³-hybridized carbons (Fsp3) is 0.261. The average molecular weight is 439 g/mol. The lowest BCUT2D eigenvalue weighted by Crippen LogP contribution is -2.22. The smallest absolute Gasteiger partial charge is 0.412 e. The summed E-state index contributed by atoms with van der Waals surface area (Å²) >= 11 is 0. The number of rotatable bonds is 9. The van der Waals surface area contributed by atoms with Crippen molar-refractivity contribution in [3.63, 3.8) is 0 Å². The van der Waals surface area contributed by atoms with Crippen molar-refractivity contribution in [3.8, 4) is 17.6 Å². The van der Waals surface area contributed by atoms with E-state index in [-0.39, 0.29) is 11.7 Å². The molecule has 0 bridgehead atoms. The zero-order chi connectivity index (χ0) is 23.5. The monoisotopic (exact) mass is 439 g/mol. The number of nitrogens with one attached hydrogen (secondary N) is 2. The van der Waals surface area contributed by atoms with Crippen molar-refractivity contribution in [2.75, 3.05) is 12.4 Å². The summed E-state index contributed by atoms with van der Waals surface area (Å²) in [6, 6.07) is 13.1. The van der Waals surface area contributed by atoms with Gasteiger partial charge >= 0.3 is 6.09 Å². The normalized spacial score (nSPS) is 12.4. The van der Waals surface area contributed by atoms with Crippen molar-refractivity contribution >= 4 is 17.7 Å². The van der Waals surface area contributed by atoms with Gasteiger partial charge in [-0.2, -0.15) is 5.26 Å². The van der Waals surface area contributed by atoms with Crippen LogP contribution in [0.2, 0.25) is 0 Å². The third-order valence-corrected chi connectivity index (χ3v) is 4.71. The van der Waals surface area contributed by atoms with E-state index in [1.807, 2.05) is 13.0 Å². The lowest BCUT2D eigenvalue weighted by Gasteiger charge is -2.25. The number of benzene rings is 2. The number of carbonyl (C=O) groups excluding carboxylic acids is 2. The SMILES string of the molecule is COc1ccc([C@H](OC(=O)Nc2ccc(C#N)cc2)[C@@H](C)CC/C=C/C(=O)NO)cc1O. The van der Waals surface area contributed by atoms with E-state index < -0.39 is 18.1 Å². The Morgan fingerprint density at radius 3 is 2.53 bits per heavy atom. The molecule has 9 heteroatoms. The van der Waals surface area contributed by atoms with Crippen LogP contribution in [-0.2, 0) is 9.53 Å². The fourth-order valence-corrected chi connectivity index (χ4v) is 3.03. The summed E-state index contributed by atoms with van der Waals surface area (Å²) in [6.07, 6.45) is 2.45. The molecule has 0 aliphatic rings. The second-order valence-electron chi connectivity index (χ2n) is 7.00. The summed E-state index contributed by atoms with van der Waals surface area (Å²) in [5.74, 6) is -0.610.